The van der Waals surface area contributed by atoms with Gasteiger partial charge in [0.15, 0.2) is 0 Å². The van der Waals surface area contributed by atoms with E-state index in [1.165, 1.54) is 161 Å². The second-order valence-electron chi connectivity index (χ2n) is 16.0. The first-order valence-corrected chi connectivity index (χ1v) is 20.6. The second kappa shape index (κ2) is 15.3. The molecule has 0 amide bonds. The summed E-state index contributed by atoms with van der Waals surface area (Å²) in [5, 5.41) is 10.6. The molecule has 0 atom stereocenters. The highest BCUT2D eigenvalue weighted by Crippen LogP contribution is 2.56. The topological polar surface area (TPSA) is 0 Å². The van der Waals surface area contributed by atoms with Gasteiger partial charge in [-0.2, -0.15) is 0 Å². The fourth-order valence-corrected chi connectivity index (χ4v) is 9.65. The number of hydrogen-bond acceptors (Lipinski definition) is 0. The SMILES string of the molecule is CCCCCCCCC1(CCCCCCCC)c2cc(C)ccc2-c2ccc(-c3c4cc5ccccc5cc4cc4cc5ccccc5cc34)cc21. The fraction of sp³-hybridized carbons (Fsp3) is 0.346. The monoisotopic (exact) mass is 680 g/mol. The third-order valence-electron chi connectivity index (χ3n) is 12.4. The van der Waals surface area contributed by atoms with Crippen LogP contribution in [-0.2, 0) is 5.41 Å². The lowest BCUT2D eigenvalue weighted by atomic mass is 9.70. The number of benzene rings is 7. The highest BCUT2D eigenvalue weighted by Gasteiger charge is 2.42. The van der Waals surface area contributed by atoms with E-state index in [9.17, 15) is 0 Å². The normalized spacial score (nSPS) is 13.4. The van der Waals surface area contributed by atoms with Gasteiger partial charge in [-0.25, -0.2) is 0 Å². The molecule has 0 unspecified atom stereocenters. The van der Waals surface area contributed by atoms with Crippen molar-refractivity contribution < 1.29 is 0 Å². The van der Waals surface area contributed by atoms with Crippen LogP contribution in [0.4, 0.5) is 0 Å². The molecule has 7 aromatic carbocycles. The van der Waals surface area contributed by atoms with Gasteiger partial charge in [0.2, 0.25) is 0 Å². The van der Waals surface area contributed by atoms with E-state index in [-0.39, 0.29) is 5.41 Å². The number of unbranched alkanes of at least 4 members (excludes halogenated alkanes) is 10. The lowest BCUT2D eigenvalue weighted by Gasteiger charge is -2.33. The zero-order valence-electron chi connectivity index (χ0n) is 31.9. The van der Waals surface area contributed by atoms with Crippen molar-refractivity contribution in [2.45, 2.75) is 116 Å². The summed E-state index contributed by atoms with van der Waals surface area (Å²) in [6.07, 6.45) is 18.5. The molecule has 0 heterocycles. The lowest BCUT2D eigenvalue weighted by molar-refractivity contribution is 0.398. The van der Waals surface area contributed by atoms with Crippen molar-refractivity contribution >= 4 is 43.1 Å². The molecule has 0 bridgehead atoms. The quantitative estimate of drug-likeness (QED) is 0.0747. The molecule has 1 aliphatic rings. The van der Waals surface area contributed by atoms with Gasteiger partial charge in [0.25, 0.3) is 0 Å². The summed E-state index contributed by atoms with van der Waals surface area (Å²) in [7, 11) is 0. The summed E-state index contributed by atoms with van der Waals surface area (Å²) < 4.78 is 0. The van der Waals surface area contributed by atoms with Crippen LogP contribution < -0.4 is 0 Å². The summed E-state index contributed by atoms with van der Waals surface area (Å²) in [5.74, 6) is 0. The Morgan fingerprint density at radius 1 is 0.404 bits per heavy atom. The van der Waals surface area contributed by atoms with Gasteiger partial charge in [0.05, 0.1) is 0 Å². The third-order valence-corrected chi connectivity index (χ3v) is 12.4. The summed E-state index contributed by atoms with van der Waals surface area (Å²) >= 11 is 0. The standard InChI is InChI=1S/C52H56/c1-4-6-8-10-12-18-28-52(29-19-13-11-9-7-5-2)49-30-37(3)24-26-45(49)46-27-25-42(36-50(46)52)51-47-34-40-22-16-14-20-38(40)31-43(47)33-44-32-39-21-15-17-23-41(39)35-48(44)51/h14-17,20-27,30-36H,4-13,18-19,28-29H2,1-3H3. The van der Waals surface area contributed by atoms with Crippen LogP contribution in [0.15, 0.2) is 115 Å². The van der Waals surface area contributed by atoms with Gasteiger partial charge in [0, 0.05) is 5.41 Å². The molecule has 0 N–H and O–H groups in total. The van der Waals surface area contributed by atoms with Crippen molar-refractivity contribution in [3.8, 4) is 22.3 Å². The Morgan fingerprint density at radius 2 is 0.846 bits per heavy atom. The zero-order valence-corrected chi connectivity index (χ0v) is 31.9. The molecule has 0 aliphatic heterocycles. The van der Waals surface area contributed by atoms with Gasteiger partial charge in [-0.3, -0.25) is 0 Å². The van der Waals surface area contributed by atoms with Crippen molar-refractivity contribution in [1.29, 1.82) is 0 Å². The summed E-state index contributed by atoms with van der Waals surface area (Å²) in [6.45, 7) is 6.95. The van der Waals surface area contributed by atoms with Crippen LogP contribution in [0.2, 0.25) is 0 Å². The average molecular weight is 681 g/mol. The minimum absolute atomic E-state index is 0.0575. The van der Waals surface area contributed by atoms with E-state index in [0.717, 1.165) is 0 Å². The van der Waals surface area contributed by atoms with Crippen LogP contribution in [0.5, 0.6) is 0 Å². The Labute approximate surface area is 312 Å². The van der Waals surface area contributed by atoms with Crippen LogP contribution in [-0.4, -0.2) is 0 Å². The maximum absolute atomic E-state index is 2.66. The summed E-state index contributed by atoms with van der Waals surface area (Å²) in [5.41, 5.74) is 10.3. The van der Waals surface area contributed by atoms with E-state index in [1.54, 1.807) is 11.1 Å². The van der Waals surface area contributed by atoms with Crippen LogP contribution in [0.3, 0.4) is 0 Å². The number of aryl methyl sites for hydroxylation is 1. The summed E-state index contributed by atoms with van der Waals surface area (Å²) in [6, 6.07) is 44.9. The van der Waals surface area contributed by atoms with E-state index in [4.69, 9.17) is 0 Å². The molecule has 0 saturated heterocycles. The molecular formula is C52H56. The molecule has 0 heteroatoms. The maximum Gasteiger partial charge on any atom is 0.0215 e. The Bertz CT molecular complexity index is 2240. The van der Waals surface area contributed by atoms with Crippen LogP contribution >= 0.6 is 0 Å². The highest BCUT2D eigenvalue weighted by molar-refractivity contribution is 6.18. The minimum Gasteiger partial charge on any atom is -0.0654 e. The predicted molar refractivity (Wildman–Crippen MR) is 229 cm³/mol. The van der Waals surface area contributed by atoms with Gasteiger partial charge in [0.1, 0.15) is 0 Å². The Balaban J connectivity index is 1.32. The molecule has 52 heavy (non-hydrogen) atoms. The molecule has 264 valence electrons. The maximum atomic E-state index is 2.66. The second-order valence-corrected chi connectivity index (χ2v) is 16.0. The first kappa shape index (κ1) is 34.7. The van der Waals surface area contributed by atoms with Gasteiger partial charge in [-0.05, 0) is 133 Å². The number of fused-ring (bicyclic) bond motifs is 7. The van der Waals surface area contributed by atoms with Crippen molar-refractivity contribution in [2.24, 2.45) is 0 Å². The molecule has 0 radical (unpaired) electrons. The Hall–Kier alpha value is -4.42. The lowest BCUT2D eigenvalue weighted by Crippen LogP contribution is -2.25. The highest BCUT2D eigenvalue weighted by atomic mass is 14.5. The van der Waals surface area contributed by atoms with Crippen molar-refractivity contribution in [3.63, 3.8) is 0 Å². The van der Waals surface area contributed by atoms with Gasteiger partial charge in [-0.15, -0.1) is 0 Å². The molecule has 8 rings (SSSR count). The predicted octanol–water partition coefficient (Wildman–Crippen LogP) is 16.0. The minimum atomic E-state index is 0.0575. The Morgan fingerprint density at radius 3 is 1.38 bits per heavy atom. The first-order chi connectivity index (χ1) is 25.6. The van der Waals surface area contributed by atoms with Gasteiger partial charge in [-0.1, -0.05) is 175 Å². The van der Waals surface area contributed by atoms with Gasteiger partial charge >= 0.3 is 0 Å². The van der Waals surface area contributed by atoms with Crippen LogP contribution in [0.25, 0.3) is 65.3 Å². The summed E-state index contributed by atoms with van der Waals surface area (Å²) in [4.78, 5) is 0. The molecule has 1 aliphatic carbocycles. The van der Waals surface area contributed by atoms with Crippen molar-refractivity contribution in [1.82, 2.24) is 0 Å². The molecule has 0 spiro atoms. The average Bonchev–Trinajstić information content (AvgIpc) is 3.42. The number of hydrogen-bond donors (Lipinski definition) is 0. The van der Waals surface area contributed by atoms with Crippen LogP contribution in [0, 0.1) is 6.92 Å². The molecular weight excluding hydrogens is 625 g/mol. The van der Waals surface area contributed by atoms with Crippen LogP contribution in [0.1, 0.15) is 120 Å². The van der Waals surface area contributed by atoms with E-state index in [2.05, 4.69) is 136 Å². The molecule has 7 aromatic rings. The molecule has 0 saturated carbocycles. The van der Waals surface area contributed by atoms with E-state index < -0.39 is 0 Å². The van der Waals surface area contributed by atoms with E-state index in [1.807, 2.05) is 0 Å². The largest absolute Gasteiger partial charge is 0.0654 e. The third kappa shape index (κ3) is 6.55. The van der Waals surface area contributed by atoms with Crippen molar-refractivity contribution in [2.75, 3.05) is 0 Å². The molecule has 0 fully saturated rings. The Kier molecular flexibility index (Phi) is 10.2. The van der Waals surface area contributed by atoms with E-state index >= 15 is 0 Å². The molecule has 0 aromatic heterocycles. The smallest absolute Gasteiger partial charge is 0.0215 e. The zero-order chi connectivity index (χ0) is 35.5. The van der Waals surface area contributed by atoms with Gasteiger partial charge < -0.3 is 0 Å². The molecule has 0 nitrogen and oxygen atoms in total. The number of rotatable bonds is 15. The fourth-order valence-electron chi connectivity index (χ4n) is 9.65. The van der Waals surface area contributed by atoms with Crippen molar-refractivity contribution in [3.05, 3.63) is 132 Å². The van der Waals surface area contributed by atoms with E-state index in [0.29, 0.717) is 0 Å². The first-order valence-electron chi connectivity index (χ1n) is 20.6.